The fourth-order valence-electron chi connectivity index (χ4n) is 4.18. The zero-order valence-corrected chi connectivity index (χ0v) is 19.3. The largest absolute Gasteiger partial charge is 0.492 e. The van der Waals surface area contributed by atoms with E-state index < -0.39 is 0 Å². The van der Waals surface area contributed by atoms with Crippen LogP contribution in [0.4, 0.5) is 0 Å². The third-order valence-electron chi connectivity index (χ3n) is 5.83. The SMILES string of the molecule is CCCN(CC(=O)NCCOc1cccc(C)c1)C1CCN(C(=O)c2ccccc2)CC1. The molecule has 0 bridgehead atoms. The summed E-state index contributed by atoms with van der Waals surface area (Å²) >= 11 is 0. The van der Waals surface area contributed by atoms with Gasteiger partial charge < -0.3 is 15.0 Å². The smallest absolute Gasteiger partial charge is 0.253 e. The first-order valence-corrected chi connectivity index (χ1v) is 11.6. The highest BCUT2D eigenvalue weighted by atomic mass is 16.5. The van der Waals surface area contributed by atoms with Gasteiger partial charge in [-0.15, -0.1) is 0 Å². The minimum atomic E-state index is 0.0223. The number of hydrogen-bond acceptors (Lipinski definition) is 4. The fourth-order valence-corrected chi connectivity index (χ4v) is 4.18. The zero-order valence-electron chi connectivity index (χ0n) is 19.3. The number of carbonyl (C=O) groups is 2. The van der Waals surface area contributed by atoms with Crippen LogP contribution in [0.5, 0.6) is 5.75 Å². The van der Waals surface area contributed by atoms with Crippen molar-refractivity contribution in [2.24, 2.45) is 0 Å². The minimum absolute atomic E-state index is 0.0223. The van der Waals surface area contributed by atoms with Gasteiger partial charge in [0.25, 0.3) is 5.91 Å². The maximum Gasteiger partial charge on any atom is 0.253 e. The Morgan fingerprint density at radius 3 is 2.53 bits per heavy atom. The van der Waals surface area contributed by atoms with Gasteiger partial charge in [0.1, 0.15) is 12.4 Å². The lowest BCUT2D eigenvalue weighted by Crippen LogP contribution is -2.50. The summed E-state index contributed by atoms with van der Waals surface area (Å²) in [6.07, 6.45) is 2.78. The summed E-state index contributed by atoms with van der Waals surface area (Å²) in [4.78, 5) is 29.4. The highest BCUT2D eigenvalue weighted by Gasteiger charge is 2.28. The molecule has 32 heavy (non-hydrogen) atoms. The van der Waals surface area contributed by atoms with Crippen LogP contribution in [-0.4, -0.2) is 67.0 Å². The number of carbonyl (C=O) groups excluding carboxylic acids is 2. The number of rotatable bonds is 10. The molecule has 0 atom stereocenters. The maximum absolute atomic E-state index is 12.7. The van der Waals surface area contributed by atoms with Crippen LogP contribution in [0.1, 0.15) is 42.1 Å². The second-order valence-electron chi connectivity index (χ2n) is 8.37. The Balaban J connectivity index is 1.41. The average molecular weight is 438 g/mol. The van der Waals surface area contributed by atoms with E-state index in [2.05, 4.69) is 17.1 Å². The van der Waals surface area contributed by atoms with Gasteiger partial charge in [-0.2, -0.15) is 0 Å². The normalized spacial score (nSPS) is 14.4. The molecule has 0 unspecified atom stereocenters. The van der Waals surface area contributed by atoms with Crippen molar-refractivity contribution < 1.29 is 14.3 Å². The average Bonchev–Trinajstić information content (AvgIpc) is 2.82. The van der Waals surface area contributed by atoms with Crippen LogP contribution in [0.2, 0.25) is 0 Å². The quantitative estimate of drug-likeness (QED) is 0.578. The molecule has 1 fully saturated rings. The molecule has 1 heterocycles. The van der Waals surface area contributed by atoms with Gasteiger partial charge in [-0.05, 0) is 62.6 Å². The van der Waals surface area contributed by atoms with E-state index in [-0.39, 0.29) is 11.8 Å². The van der Waals surface area contributed by atoms with Crippen molar-refractivity contribution in [3.63, 3.8) is 0 Å². The van der Waals surface area contributed by atoms with Gasteiger partial charge in [-0.3, -0.25) is 14.5 Å². The number of ether oxygens (including phenoxy) is 1. The van der Waals surface area contributed by atoms with Crippen LogP contribution in [0.3, 0.4) is 0 Å². The number of nitrogens with zero attached hydrogens (tertiary/aromatic N) is 2. The second-order valence-corrected chi connectivity index (χ2v) is 8.37. The predicted molar refractivity (Wildman–Crippen MR) is 127 cm³/mol. The van der Waals surface area contributed by atoms with Crippen LogP contribution >= 0.6 is 0 Å². The van der Waals surface area contributed by atoms with E-state index in [9.17, 15) is 9.59 Å². The number of hydrogen-bond donors (Lipinski definition) is 1. The van der Waals surface area contributed by atoms with E-state index in [0.717, 1.165) is 55.8 Å². The summed E-state index contributed by atoms with van der Waals surface area (Å²) in [5, 5.41) is 2.97. The molecular formula is C26H35N3O3. The van der Waals surface area contributed by atoms with Gasteiger partial charge >= 0.3 is 0 Å². The molecule has 0 aromatic heterocycles. The summed E-state index contributed by atoms with van der Waals surface area (Å²) in [7, 11) is 0. The van der Waals surface area contributed by atoms with Crippen molar-refractivity contribution >= 4 is 11.8 Å². The van der Waals surface area contributed by atoms with Gasteiger partial charge in [0.05, 0.1) is 13.1 Å². The van der Waals surface area contributed by atoms with Crippen molar-refractivity contribution in [1.82, 2.24) is 15.1 Å². The Labute approximate surface area is 191 Å². The molecule has 1 aliphatic rings. The molecule has 0 aliphatic carbocycles. The van der Waals surface area contributed by atoms with Crippen molar-refractivity contribution in [3.8, 4) is 5.75 Å². The molecule has 1 saturated heterocycles. The minimum Gasteiger partial charge on any atom is -0.492 e. The molecule has 2 aromatic carbocycles. The Morgan fingerprint density at radius 1 is 1.09 bits per heavy atom. The lowest BCUT2D eigenvalue weighted by Gasteiger charge is -2.38. The van der Waals surface area contributed by atoms with E-state index >= 15 is 0 Å². The molecular weight excluding hydrogens is 402 g/mol. The molecule has 172 valence electrons. The molecule has 2 aromatic rings. The molecule has 0 radical (unpaired) electrons. The highest BCUT2D eigenvalue weighted by molar-refractivity contribution is 5.94. The van der Waals surface area contributed by atoms with Crippen molar-refractivity contribution in [2.75, 3.05) is 39.3 Å². The molecule has 6 nitrogen and oxygen atoms in total. The zero-order chi connectivity index (χ0) is 22.8. The van der Waals surface area contributed by atoms with E-state index in [4.69, 9.17) is 4.74 Å². The molecule has 0 saturated carbocycles. The predicted octanol–water partition coefficient (Wildman–Crippen LogP) is 3.51. The van der Waals surface area contributed by atoms with Crippen molar-refractivity contribution in [1.29, 1.82) is 0 Å². The Bertz CT molecular complexity index is 864. The van der Waals surface area contributed by atoms with E-state index in [0.29, 0.717) is 25.7 Å². The van der Waals surface area contributed by atoms with Crippen LogP contribution in [0.15, 0.2) is 54.6 Å². The first-order valence-electron chi connectivity index (χ1n) is 11.6. The number of aryl methyl sites for hydroxylation is 1. The van der Waals surface area contributed by atoms with Gasteiger partial charge in [-0.25, -0.2) is 0 Å². The highest BCUT2D eigenvalue weighted by Crippen LogP contribution is 2.19. The second kappa shape index (κ2) is 12.2. The topological polar surface area (TPSA) is 61.9 Å². The number of likely N-dealkylation sites (tertiary alicyclic amines) is 1. The van der Waals surface area contributed by atoms with Crippen molar-refractivity contribution in [3.05, 3.63) is 65.7 Å². The summed E-state index contributed by atoms with van der Waals surface area (Å²) in [5.41, 5.74) is 1.89. The van der Waals surface area contributed by atoms with Crippen molar-refractivity contribution in [2.45, 2.75) is 39.2 Å². The van der Waals surface area contributed by atoms with Crippen LogP contribution in [-0.2, 0) is 4.79 Å². The lowest BCUT2D eigenvalue weighted by molar-refractivity contribution is -0.123. The first-order chi connectivity index (χ1) is 15.6. The molecule has 2 amide bonds. The van der Waals surface area contributed by atoms with Gasteiger partial charge in [0, 0.05) is 24.7 Å². The van der Waals surface area contributed by atoms with E-state index in [1.807, 2.05) is 66.4 Å². The monoisotopic (exact) mass is 437 g/mol. The molecule has 0 spiro atoms. The van der Waals surface area contributed by atoms with E-state index in [1.54, 1.807) is 0 Å². The first kappa shape index (κ1) is 23.8. The fraction of sp³-hybridized carbons (Fsp3) is 0.462. The molecule has 3 rings (SSSR count). The summed E-state index contributed by atoms with van der Waals surface area (Å²) in [6, 6.07) is 17.7. The lowest BCUT2D eigenvalue weighted by atomic mass is 10.0. The number of nitrogens with one attached hydrogen (secondary N) is 1. The Kier molecular flexibility index (Phi) is 9.11. The Hall–Kier alpha value is -2.86. The van der Waals surface area contributed by atoms with Crippen LogP contribution in [0.25, 0.3) is 0 Å². The number of amides is 2. The Morgan fingerprint density at radius 2 is 1.84 bits per heavy atom. The summed E-state index contributed by atoms with van der Waals surface area (Å²) in [6.45, 7) is 7.81. The maximum atomic E-state index is 12.7. The van der Waals surface area contributed by atoms with Gasteiger partial charge in [0.15, 0.2) is 0 Å². The summed E-state index contributed by atoms with van der Waals surface area (Å²) in [5.74, 6) is 0.940. The van der Waals surface area contributed by atoms with E-state index in [1.165, 1.54) is 0 Å². The third kappa shape index (κ3) is 7.09. The standard InChI is InChI=1S/C26H35N3O3/c1-3-15-29(20-25(30)27-14-18-32-24-11-7-8-21(2)19-24)23-12-16-28(17-13-23)26(31)22-9-5-4-6-10-22/h4-11,19,23H,3,12-18,20H2,1-2H3,(H,27,30). The number of piperidine rings is 1. The van der Waals surface area contributed by atoms with Crippen LogP contribution in [0, 0.1) is 6.92 Å². The molecule has 1 N–H and O–H groups in total. The van der Waals surface area contributed by atoms with Gasteiger partial charge in [0.2, 0.25) is 5.91 Å². The molecule has 6 heteroatoms. The van der Waals surface area contributed by atoms with Gasteiger partial charge in [-0.1, -0.05) is 37.3 Å². The third-order valence-corrected chi connectivity index (χ3v) is 5.83. The van der Waals surface area contributed by atoms with Crippen LogP contribution < -0.4 is 10.1 Å². The molecule has 1 aliphatic heterocycles. The summed E-state index contributed by atoms with van der Waals surface area (Å²) < 4.78 is 5.71. The number of benzene rings is 2.